The van der Waals surface area contributed by atoms with Crippen LogP contribution >= 0.6 is 0 Å². The van der Waals surface area contributed by atoms with Gasteiger partial charge in [0.15, 0.2) is 0 Å². The summed E-state index contributed by atoms with van der Waals surface area (Å²) in [6.07, 6.45) is -0.0661. The van der Waals surface area contributed by atoms with Gasteiger partial charge in [-0.05, 0) is 43.3 Å². The van der Waals surface area contributed by atoms with Crippen LogP contribution in [-0.4, -0.2) is 6.18 Å². The molecule has 0 radical (unpaired) electrons. The van der Waals surface area contributed by atoms with E-state index in [1.807, 2.05) is 6.07 Å². The highest BCUT2D eigenvalue weighted by molar-refractivity contribution is 5.56. The van der Waals surface area contributed by atoms with Crippen molar-refractivity contribution in [2.75, 3.05) is 5.32 Å². The van der Waals surface area contributed by atoms with E-state index >= 15 is 0 Å². The molecule has 2 rings (SSSR count). The van der Waals surface area contributed by atoms with Gasteiger partial charge in [0.05, 0.1) is 5.92 Å². The molecule has 1 N–H and O–H groups in total. The Labute approximate surface area is 140 Å². The van der Waals surface area contributed by atoms with E-state index in [0.717, 1.165) is 16.8 Å². The van der Waals surface area contributed by atoms with Gasteiger partial charge >= 0.3 is 6.18 Å². The lowest BCUT2D eigenvalue weighted by Crippen LogP contribution is -2.19. The first-order valence-electron chi connectivity index (χ1n) is 7.60. The topological polar surface area (TPSA) is 12.0 Å². The molecule has 2 aromatic carbocycles. The van der Waals surface area contributed by atoms with Gasteiger partial charge in [-0.15, -0.1) is 0 Å². The molecule has 24 heavy (non-hydrogen) atoms. The quantitative estimate of drug-likeness (QED) is 0.686. The second-order valence-electron chi connectivity index (χ2n) is 5.77. The first kappa shape index (κ1) is 17.9. The van der Waals surface area contributed by atoms with Gasteiger partial charge in [0.2, 0.25) is 0 Å². The summed E-state index contributed by atoms with van der Waals surface area (Å²) in [6.45, 7) is 7.17. The minimum absolute atomic E-state index is 0.265. The maximum Gasteiger partial charge on any atom is 0.399 e. The fraction of sp³-hybridized carbons (Fsp3) is 0.200. The average molecular weight is 331 g/mol. The molecule has 0 amide bonds. The minimum Gasteiger partial charge on any atom is -0.362 e. The van der Waals surface area contributed by atoms with Crippen LogP contribution in [0.1, 0.15) is 28.2 Å². The lowest BCUT2D eigenvalue weighted by atomic mass is 9.94. The molecule has 1 nitrogen and oxygen atoms in total. The lowest BCUT2D eigenvalue weighted by Gasteiger charge is -2.18. The lowest BCUT2D eigenvalue weighted by molar-refractivity contribution is -0.139. The fourth-order valence-corrected chi connectivity index (χ4v) is 2.61. The van der Waals surface area contributed by atoms with Gasteiger partial charge in [0.1, 0.15) is 0 Å². The third-order valence-corrected chi connectivity index (χ3v) is 3.62. The highest BCUT2D eigenvalue weighted by Gasteiger charge is 2.38. The van der Waals surface area contributed by atoms with Crippen LogP contribution in [0, 0.1) is 13.8 Å². The first-order chi connectivity index (χ1) is 11.3. The molecule has 0 heterocycles. The van der Waals surface area contributed by atoms with Gasteiger partial charge in [0.25, 0.3) is 0 Å². The zero-order chi connectivity index (χ0) is 17.7. The number of hydrogen-bond donors (Lipinski definition) is 1. The second-order valence-corrected chi connectivity index (χ2v) is 5.77. The normalized spacial score (nSPS) is 13.0. The van der Waals surface area contributed by atoms with Gasteiger partial charge in [-0.2, -0.15) is 13.2 Å². The van der Waals surface area contributed by atoms with Gasteiger partial charge in [-0.1, -0.05) is 60.2 Å². The van der Waals surface area contributed by atoms with Crippen LogP contribution < -0.4 is 5.32 Å². The van der Waals surface area contributed by atoms with E-state index < -0.39 is 12.1 Å². The molecule has 0 fully saturated rings. The third-order valence-electron chi connectivity index (χ3n) is 3.62. The average Bonchev–Trinajstić information content (AvgIpc) is 2.47. The van der Waals surface area contributed by atoms with Crippen molar-refractivity contribution >= 4 is 11.8 Å². The van der Waals surface area contributed by atoms with Crippen molar-refractivity contribution in [1.82, 2.24) is 0 Å². The summed E-state index contributed by atoms with van der Waals surface area (Å²) in [5.74, 6) is -1.62. The van der Waals surface area contributed by atoms with Crippen molar-refractivity contribution in [2.24, 2.45) is 0 Å². The Hall–Kier alpha value is -2.49. The highest BCUT2D eigenvalue weighted by atomic mass is 19.4. The van der Waals surface area contributed by atoms with Crippen molar-refractivity contribution in [3.8, 4) is 0 Å². The monoisotopic (exact) mass is 331 g/mol. The van der Waals surface area contributed by atoms with E-state index in [1.165, 1.54) is 12.2 Å². The maximum atomic E-state index is 13.5. The summed E-state index contributed by atoms with van der Waals surface area (Å²) >= 11 is 0. The molecule has 0 saturated heterocycles. The SMILES string of the molecule is C=CNc1ccc(/C=C/C(c2cc(C)cc(C)c2)C(F)(F)F)cc1. The number of rotatable bonds is 5. The number of aryl methyl sites for hydroxylation is 2. The molecule has 1 atom stereocenters. The summed E-state index contributed by atoms with van der Waals surface area (Å²) in [5, 5.41) is 2.92. The van der Waals surface area contributed by atoms with Gasteiger partial charge in [0, 0.05) is 5.69 Å². The Morgan fingerprint density at radius 3 is 2.08 bits per heavy atom. The molecule has 1 unspecified atom stereocenters. The number of alkyl halides is 3. The molecule has 0 spiro atoms. The second kappa shape index (κ2) is 7.39. The third kappa shape index (κ3) is 4.75. The predicted molar refractivity (Wildman–Crippen MR) is 94.0 cm³/mol. The zero-order valence-corrected chi connectivity index (χ0v) is 13.7. The van der Waals surface area contributed by atoms with E-state index in [4.69, 9.17) is 0 Å². The van der Waals surface area contributed by atoms with Crippen LogP contribution in [-0.2, 0) is 0 Å². The molecule has 0 bridgehead atoms. The number of anilines is 1. The molecule has 0 aliphatic heterocycles. The van der Waals surface area contributed by atoms with Crippen LogP contribution in [0.2, 0.25) is 0 Å². The minimum atomic E-state index is -4.33. The van der Waals surface area contributed by atoms with Crippen LogP contribution in [0.4, 0.5) is 18.9 Å². The van der Waals surface area contributed by atoms with E-state index in [9.17, 15) is 13.2 Å². The Morgan fingerprint density at radius 2 is 1.58 bits per heavy atom. The van der Waals surface area contributed by atoms with E-state index in [2.05, 4.69) is 11.9 Å². The smallest absolute Gasteiger partial charge is 0.362 e. The van der Waals surface area contributed by atoms with E-state index in [0.29, 0.717) is 5.56 Å². The fourth-order valence-electron chi connectivity index (χ4n) is 2.61. The molecule has 4 heteroatoms. The Morgan fingerprint density at radius 1 is 1.00 bits per heavy atom. The van der Waals surface area contributed by atoms with Crippen molar-refractivity contribution in [3.63, 3.8) is 0 Å². The number of nitrogens with one attached hydrogen (secondary N) is 1. The highest BCUT2D eigenvalue weighted by Crippen LogP contribution is 2.37. The molecule has 0 aliphatic rings. The Bertz CT molecular complexity index is 707. The van der Waals surface area contributed by atoms with Crippen LogP contribution in [0.3, 0.4) is 0 Å². The predicted octanol–water partition coefficient (Wildman–Crippen LogP) is 6.22. The molecule has 0 aliphatic carbocycles. The molecule has 2 aromatic rings. The number of hydrogen-bond acceptors (Lipinski definition) is 1. The van der Waals surface area contributed by atoms with Crippen LogP contribution in [0.15, 0.2) is 61.3 Å². The summed E-state index contributed by atoms with van der Waals surface area (Å²) in [6, 6.07) is 12.2. The summed E-state index contributed by atoms with van der Waals surface area (Å²) < 4.78 is 40.4. The van der Waals surface area contributed by atoms with Crippen molar-refractivity contribution < 1.29 is 13.2 Å². The molecular formula is C20H20F3N. The van der Waals surface area contributed by atoms with E-state index in [1.54, 1.807) is 56.4 Å². The molecule has 126 valence electrons. The van der Waals surface area contributed by atoms with Crippen LogP contribution in [0.25, 0.3) is 6.08 Å². The summed E-state index contributed by atoms with van der Waals surface area (Å²) in [7, 11) is 0. The number of halogens is 3. The van der Waals surface area contributed by atoms with Gasteiger partial charge in [-0.25, -0.2) is 0 Å². The molecular weight excluding hydrogens is 311 g/mol. The maximum absolute atomic E-state index is 13.5. The van der Waals surface area contributed by atoms with Crippen LogP contribution in [0.5, 0.6) is 0 Å². The van der Waals surface area contributed by atoms with Crippen molar-refractivity contribution in [2.45, 2.75) is 25.9 Å². The van der Waals surface area contributed by atoms with Gasteiger partial charge < -0.3 is 5.32 Å². The summed E-state index contributed by atoms with van der Waals surface area (Å²) in [5.41, 5.74) is 3.47. The first-order valence-corrected chi connectivity index (χ1v) is 7.60. The van der Waals surface area contributed by atoms with Crippen molar-refractivity contribution in [1.29, 1.82) is 0 Å². The van der Waals surface area contributed by atoms with Crippen molar-refractivity contribution in [3.05, 3.63) is 83.6 Å². The number of benzene rings is 2. The number of allylic oxidation sites excluding steroid dienone is 1. The summed E-state index contributed by atoms with van der Waals surface area (Å²) in [4.78, 5) is 0. The van der Waals surface area contributed by atoms with E-state index in [-0.39, 0.29) is 5.56 Å². The molecule has 0 aromatic heterocycles. The standard InChI is InChI=1S/C20H20F3N/c1-4-24-18-8-5-16(6-9-18)7-10-19(20(21,22)23)17-12-14(2)11-15(3)13-17/h4-13,19,24H,1H2,2-3H3/b10-7+. The van der Waals surface area contributed by atoms with Gasteiger partial charge in [-0.3, -0.25) is 0 Å². The molecule has 0 saturated carbocycles. The zero-order valence-electron chi connectivity index (χ0n) is 13.7. The largest absolute Gasteiger partial charge is 0.399 e. The Kier molecular flexibility index (Phi) is 5.50. The Balaban J connectivity index is 2.30.